The fraction of sp³-hybridized carbons (Fsp3) is 0.167. The van der Waals surface area contributed by atoms with Gasteiger partial charge in [0.25, 0.3) is 0 Å². The van der Waals surface area contributed by atoms with Crippen LogP contribution in [0.3, 0.4) is 0 Å². The Morgan fingerprint density at radius 3 is 2.62 bits per heavy atom. The highest BCUT2D eigenvalue weighted by atomic mass is 79.9. The molecule has 0 amide bonds. The van der Waals surface area contributed by atoms with Gasteiger partial charge in [0.1, 0.15) is 6.33 Å². The van der Waals surface area contributed by atoms with Crippen LogP contribution < -0.4 is 15.8 Å². The molecule has 112 valence electrons. The molecule has 1 aromatic carbocycles. The average Bonchev–Trinajstić information content (AvgIpc) is 2.40. The van der Waals surface area contributed by atoms with Crippen molar-refractivity contribution >= 4 is 33.3 Å². The van der Waals surface area contributed by atoms with Gasteiger partial charge in [-0.3, -0.25) is 0 Å². The second kappa shape index (κ2) is 5.76. The van der Waals surface area contributed by atoms with Crippen molar-refractivity contribution in [2.24, 2.45) is 0 Å². The normalized spacial score (nSPS) is 11.3. The van der Waals surface area contributed by atoms with Crippen molar-refractivity contribution in [2.45, 2.75) is 6.18 Å². The molecule has 0 saturated carbocycles. The van der Waals surface area contributed by atoms with Crippen LogP contribution >= 0.6 is 15.9 Å². The lowest BCUT2D eigenvalue weighted by Crippen LogP contribution is -2.07. The Morgan fingerprint density at radius 1 is 1.29 bits per heavy atom. The smallest absolute Gasteiger partial charge is 0.416 e. The topological polar surface area (TPSA) is 73.1 Å². The fourth-order valence-electron chi connectivity index (χ4n) is 1.60. The SMILES string of the molecule is COc1c(N)ncnc1Nc1cc(C(F)(F)F)ccc1Br. The minimum absolute atomic E-state index is 0.0816. The second-order valence-corrected chi connectivity index (χ2v) is 4.81. The van der Waals surface area contributed by atoms with Crippen molar-refractivity contribution in [1.29, 1.82) is 0 Å². The Balaban J connectivity index is 2.42. The highest BCUT2D eigenvalue weighted by molar-refractivity contribution is 9.10. The number of alkyl halides is 3. The van der Waals surface area contributed by atoms with Gasteiger partial charge < -0.3 is 15.8 Å². The number of hydrogen-bond acceptors (Lipinski definition) is 5. The van der Waals surface area contributed by atoms with Gasteiger partial charge in [-0.05, 0) is 34.1 Å². The van der Waals surface area contributed by atoms with Crippen LogP contribution in [0.2, 0.25) is 0 Å². The molecule has 0 aliphatic heterocycles. The first-order valence-electron chi connectivity index (χ1n) is 5.61. The molecule has 0 aliphatic carbocycles. The number of halogens is 4. The van der Waals surface area contributed by atoms with E-state index in [4.69, 9.17) is 10.5 Å². The first-order chi connectivity index (χ1) is 9.82. The zero-order valence-corrected chi connectivity index (χ0v) is 12.3. The Hall–Kier alpha value is -2.03. The van der Waals surface area contributed by atoms with Crippen molar-refractivity contribution < 1.29 is 17.9 Å². The summed E-state index contributed by atoms with van der Waals surface area (Å²) in [6.45, 7) is 0. The monoisotopic (exact) mass is 362 g/mol. The van der Waals surface area contributed by atoms with Crippen LogP contribution in [0.1, 0.15) is 5.56 Å². The van der Waals surface area contributed by atoms with E-state index in [1.807, 2.05) is 0 Å². The van der Waals surface area contributed by atoms with E-state index in [1.165, 1.54) is 19.5 Å². The molecular formula is C12H10BrF3N4O. The highest BCUT2D eigenvalue weighted by Gasteiger charge is 2.31. The number of nitrogen functional groups attached to an aromatic ring is 1. The predicted octanol–water partition coefficient (Wildman–Crippen LogP) is 3.59. The number of nitrogens with zero attached hydrogens (tertiary/aromatic N) is 2. The van der Waals surface area contributed by atoms with Crippen molar-refractivity contribution in [3.8, 4) is 5.75 Å². The summed E-state index contributed by atoms with van der Waals surface area (Å²) in [6.07, 6.45) is -3.26. The zero-order valence-electron chi connectivity index (χ0n) is 10.7. The Labute approximate surface area is 126 Å². The summed E-state index contributed by atoms with van der Waals surface area (Å²) < 4.78 is 43.7. The molecule has 1 aromatic heterocycles. The summed E-state index contributed by atoms with van der Waals surface area (Å²) in [7, 11) is 1.36. The number of aromatic nitrogens is 2. The summed E-state index contributed by atoms with van der Waals surface area (Å²) in [4.78, 5) is 7.65. The number of ether oxygens (including phenoxy) is 1. The van der Waals surface area contributed by atoms with Crippen LogP contribution in [-0.2, 0) is 6.18 Å². The molecule has 3 N–H and O–H groups in total. The van der Waals surface area contributed by atoms with Crippen LogP contribution in [0.25, 0.3) is 0 Å². The van der Waals surface area contributed by atoms with Gasteiger partial charge in [0.2, 0.25) is 5.75 Å². The number of nitrogens with two attached hydrogens (primary N) is 1. The lowest BCUT2D eigenvalue weighted by atomic mass is 10.2. The molecule has 2 rings (SSSR count). The Bertz CT molecular complexity index is 663. The number of hydrogen-bond donors (Lipinski definition) is 2. The maximum absolute atomic E-state index is 12.7. The molecule has 5 nitrogen and oxygen atoms in total. The van der Waals surface area contributed by atoms with Gasteiger partial charge in [-0.1, -0.05) is 0 Å². The van der Waals surface area contributed by atoms with E-state index in [2.05, 4.69) is 31.2 Å². The number of rotatable bonds is 3. The first-order valence-corrected chi connectivity index (χ1v) is 6.40. The predicted molar refractivity (Wildman–Crippen MR) is 75.4 cm³/mol. The molecule has 9 heteroatoms. The molecule has 0 radical (unpaired) electrons. The second-order valence-electron chi connectivity index (χ2n) is 3.96. The minimum atomic E-state index is -4.44. The van der Waals surface area contributed by atoms with Crippen molar-refractivity contribution in [2.75, 3.05) is 18.2 Å². The van der Waals surface area contributed by atoms with E-state index in [0.29, 0.717) is 4.47 Å². The van der Waals surface area contributed by atoms with Gasteiger partial charge in [-0.15, -0.1) is 0 Å². The van der Waals surface area contributed by atoms with Crippen molar-refractivity contribution in [3.63, 3.8) is 0 Å². The van der Waals surface area contributed by atoms with Crippen LogP contribution in [0, 0.1) is 0 Å². The maximum Gasteiger partial charge on any atom is 0.416 e. The van der Waals surface area contributed by atoms with Gasteiger partial charge in [0, 0.05) is 4.47 Å². The number of methoxy groups -OCH3 is 1. The molecule has 0 fully saturated rings. The van der Waals surface area contributed by atoms with Gasteiger partial charge >= 0.3 is 6.18 Å². The molecule has 0 bridgehead atoms. The molecule has 0 unspecified atom stereocenters. The number of benzene rings is 1. The summed E-state index contributed by atoms with van der Waals surface area (Å²) in [6, 6.07) is 3.23. The van der Waals surface area contributed by atoms with Crippen LogP contribution in [0.15, 0.2) is 29.0 Å². The van der Waals surface area contributed by atoms with E-state index < -0.39 is 11.7 Å². The molecule has 21 heavy (non-hydrogen) atoms. The maximum atomic E-state index is 12.7. The van der Waals surface area contributed by atoms with Gasteiger partial charge in [0.05, 0.1) is 18.4 Å². The highest BCUT2D eigenvalue weighted by Crippen LogP contribution is 2.36. The number of nitrogens with one attached hydrogen (secondary N) is 1. The molecule has 0 aliphatic rings. The summed E-state index contributed by atoms with van der Waals surface area (Å²) in [5.41, 5.74) is 5.01. The van der Waals surface area contributed by atoms with Crippen molar-refractivity contribution in [3.05, 3.63) is 34.6 Å². The standard InChI is InChI=1S/C12H10BrF3N4O/c1-21-9-10(17)18-5-19-11(9)20-8-4-6(12(14,15)16)2-3-7(8)13/h2-5H,1H3,(H3,17,18,19,20). The minimum Gasteiger partial charge on any atom is -0.490 e. The molecule has 0 atom stereocenters. The third-order valence-corrected chi connectivity index (χ3v) is 3.27. The van der Waals surface area contributed by atoms with Crippen LogP contribution in [-0.4, -0.2) is 17.1 Å². The molecule has 0 saturated heterocycles. The summed E-state index contributed by atoms with van der Waals surface area (Å²) in [5, 5.41) is 2.74. The molecule has 2 aromatic rings. The van der Waals surface area contributed by atoms with Gasteiger partial charge in [-0.25, -0.2) is 9.97 Å². The summed E-state index contributed by atoms with van der Waals surface area (Å²) in [5.74, 6) is 0.407. The van der Waals surface area contributed by atoms with E-state index in [0.717, 1.165) is 12.1 Å². The van der Waals surface area contributed by atoms with Crippen molar-refractivity contribution in [1.82, 2.24) is 9.97 Å². The lowest BCUT2D eigenvalue weighted by molar-refractivity contribution is -0.137. The third kappa shape index (κ3) is 3.35. The largest absolute Gasteiger partial charge is 0.490 e. The quantitative estimate of drug-likeness (QED) is 0.872. The fourth-order valence-corrected chi connectivity index (χ4v) is 1.95. The zero-order chi connectivity index (χ0) is 15.6. The van der Waals surface area contributed by atoms with Crippen LogP contribution in [0.5, 0.6) is 5.75 Å². The molecule has 1 heterocycles. The van der Waals surface area contributed by atoms with Gasteiger partial charge in [0.15, 0.2) is 11.6 Å². The number of anilines is 3. The van der Waals surface area contributed by atoms with E-state index in [9.17, 15) is 13.2 Å². The lowest BCUT2D eigenvalue weighted by Gasteiger charge is -2.14. The van der Waals surface area contributed by atoms with E-state index >= 15 is 0 Å². The molecular weight excluding hydrogens is 353 g/mol. The average molecular weight is 363 g/mol. The van der Waals surface area contributed by atoms with E-state index in [-0.39, 0.29) is 23.1 Å². The first kappa shape index (κ1) is 15.4. The molecule has 0 spiro atoms. The van der Waals surface area contributed by atoms with Crippen LogP contribution in [0.4, 0.5) is 30.5 Å². The third-order valence-electron chi connectivity index (χ3n) is 2.58. The Morgan fingerprint density at radius 2 is 2.00 bits per heavy atom. The van der Waals surface area contributed by atoms with E-state index in [1.54, 1.807) is 0 Å². The Kier molecular flexibility index (Phi) is 4.21. The summed E-state index contributed by atoms with van der Waals surface area (Å²) >= 11 is 3.17. The van der Waals surface area contributed by atoms with Gasteiger partial charge in [-0.2, -0.15) is 13.2 Å².